The second-order valence-corrected chi connectivity index (χ2v) is 10.8. The average molecular weight is 426 g/mol. The van der Waals surface area contributed by atoms with Crippen LogP contribution in [0.2, 0.25) is 0 Å². The van der Waals surface area contributed by atoms with E-state index in [9.17, 15) is 0 Å². The van der Waals surface area contributed by atoms with E-state index in [4.69, 9.17) is 0 Å². The summed E-state index contributed by atoms with van der Waals surface area (Å²) in [6.07, 6.45) is 27.8. The molecule has 0 bridgehead atoms. The van der Waals surface area contributed by atoms with Gasteiger partial charge in [-0.05, 0) is 100 Å². The van der Waals surface area contributed by atoms with Crippen molar-refractivity contribution in [1.82, 2.24) is 0 Å². The highest BCUT2D eigenvalue weighted by molar-refractivity contribution is 5.70. The molecule has 0 saturated heterocycles. The van der Waals surface area contributed by atoms with Gasteiger partial charge in [0.25, 0.3) is 0 Å². The lowest BCUT2D eigenvalue weighted by Crippen LogP contribution is -2.11. The van der Waals surface area contributed by atoms with E-state index in [1.54, 1.807) is 11.1 Å². The maximum atomic E-state index is 4.11. The van der Waals surface area contributed by atoms with Crippen molar-refractivity contribution in [1.29, 1.82) is 0 Å². The first kappa shape index (κ1) is 26.1. The van der Waals surface area contributed by atoms with Crippen molar-refractivity contribution < 1.29 is 0 Å². The van der Waals surface area contributed by atoms with Crippen LogP contribution in [-0.4, -0.2) is 13.3 Å². The van der Waals surface area contributed by atoms with Gasteiger partial charge in [0.1, 0.15) is 0 Å². The predicted molar refractivity (Wildman–Crippen MR) is 140 cm³/mol. The molecule has 0 N–H and O–H groups in total. The largest absolute Gasteiger partial charge is 0.297 e. The van der Waals surface area contributed by atoms with Gasteiger partial charge in [0, 0.05) is 13.3 Å². The first-order valence-electron chi connectivity index (χ1n) is 13.4. The van der Waals surface area contributed by atoms with Gasteiger partial charge in [0.05, 0.1) is 0 Å². The molecule has 2 saturated carbocycles. The normalized spacial score (nSPS) is 27.1. The van der Waals surface area contributed by atoms with Crippen LogP contribution in [0.5, 0.6) is 0 Å². The zero-order valence-corrected chi connectivity index (χ0v) is 21.6. The van der Waals surface area contributed by atoms with Gasteiger partial charge >= 0.3 is 0 Å². The Morgan fingerprint density at radius 1 is 1.19 bits per heavy atom. The zero-order valence-electron chi connectivity index (χ0n) is 21.6. The summed E-state index contributed by atoms with van der Waals surface area (Å²) in [4.78, 5) is 4.11. The summed E-state index contributed by atoms with van der Waals surface area (Å²) in [5.41, 5.74) is 3.88. The van der Waals surface area contributed by atoms with Crippen molar-refractivity contribution in [3.8, 4) is 0 Å². The van der Waals surface area contributed by atoms with E-state index in [2.05, 4.69) is 63.9 Å². The summed E-state index contributed by atoms with van der Waals surface area (Å²) >= 11 is 0. The third-order valence-corrected chi connectivity index (χ3v) is 8.40. The molecular weight excluding hydrogens is 374 g/mol. The minimum Gasteiger partial charge on any atom is -0.297 e. The van der Waals surface area contributed by atoms with E-state index in [0.717, 1.165) is 24.2 Å². The molecule has 2 aliphatic rings. The molecule has 0 radical (unpaired) electrons. The highest BCUT2D eigenvalue weighted by Crippen LogP contribution is 2.61. The maximum absolute atomic E-state index is 4.11. The SMILES string of the molecule is C/C=C(\CC[C@@]1(C)CC1C(/C=C(\C)CCC1CCC1)C/C=C/C=NC)C(CC)CCC. The number of hydrogen-bond acceptors (Lipinski definition) is 1. The van der Waals surface area contributed by atoms with Gasteiger partial charge in [-0.15, -0.1) is 0 Å². The fourth-order valence-corrected chi connectivity index (χ4v) is 5.81. The van der Waals surface area contributed by atoms with Crippen LogP contribution in [0.3, 0.4) is 0 Å². The Hall–Kier alpha value is -1.11. The molecule has 0 spiro atoms. The van der Waals surface area contributed by atoms with Crippen LogP contribution >= 0.6 is 0 Å². The Bertz CT molecular complexity index is 633. The van der Waals surface area contributed by atoms with E-state index >= 15 is 0 Å². The van der Waals surface area contributed by atoms with Crippen LogP contribution in [0, 0.1) is 29.1 Å². The summed E-state index contributed by atoms with van der Waals surface area (Å²) in [6.45, 7) is 11.9. The minimum atomic E-state index is 0.529. The van der Waals surface area contributed by atoms with E-state index in [0.29, 0.717) is 11.3 Å². The number of hydrogen-bond donors (Lipinski definition) is 0. The van der Waals surface area contributed by atoms with Crippen LogP contribution in [0.1, 0.15) is 112 Å². The molecule has 2 fully saturated rings. The minimum absolute atomic E-state index is 0.529. The van der Waals surface area contributed by atoms with Crippen molar-refractivity contribution >= 4 is 6.21 Å². The van der Waals surface area contributed by atoms with Gasteiger partial charge in [-0.1, -0.05) is 75.8 Å². The van der Waals surface area contributed by atoms with Gasteiger partial charge in [-0.3, -0.25) is 4.99 Å². The summed E-state index contributed by atoms with van der Waals surface area (Å²) < 4.78 is 0. The Balaban J connectivity index is 1.97. The van der Waals surface area contributed by atoms with Crippen molar-refractivity contribution in [2.45, 2.75) is 112 Å². The lowest BCUT2D eigenvalue weighted by atomic mass is 9.80. The van der Waals surface area contributed by atoms with Gasteiger partial charge in [-0.2, -0.15) is 0 Å². The highest BCUT2D eigenvalue weighted by atomic mass is 14.6. The molecule has 0 heterocycles. The van der Waals surface area contributed by atoms with E-state index in [1.165, 1.54) is 70.6 Å². The Kier molecular flexibility index (Phi) is 11.3. The molecule has 0 aromatic rings. The van der Waals surface area contributed by atoms with Gasteiger partial charge < -0.3 is 0 Å². The maximum Gasteiger partial charge on any atom is 0.0277 e. The molecule has 1 heteroatoms. The highest BCUT2D eigenvalue weighted by Gasteiger charge is 2.52. The molecule has 31 heavy (non-hydrogen) atoms. The summed E-state index contributed by atoms with van der Waals surface area (Å²) in [7, 11) is 1.85. The van der Waals surface area contributed by atoms with Crippen LogP contribution in [0.25, 0.3) is 0 Å². The second kappa shape index (κ2) is 13.4. The van der Waals surface area contributed by atoms with Gasteiger partial charge in [-0.25, -0.2) is 0 Å². The van der Waals surface area contributed by atoms with E-state index in [-0.39, 0.29) is 0 Å². The summed E-state index contributed by atoms with van der Waals surface area (Å²) in [5, 5.41) is 0. The third kappa shape index (κ3) is 8.39. The predicted octanol–water partition coefficient (Wildman–Crippen LogP) is 9.36. The molecule has 4 atom stereocenters. The molecule has 3 unspecified atom stereocenters. The molecule has 0 amide bonds. The molecule has 0 aromatic carbocycles. The third-order valence-electron chi connectivity index (χ3n) is 8.40. The molecule has 2 aliphatic carbocycles. The number of aliphatic imine (C=N–C) groups is 1. The Morgan fingerprint density at radius 3 is 2.55 bits per heavy atom. The van der Waals surface area contributed by atoms with Crippen molar-refractivity contribution in [2.24, 2.45) is 34.1 Å². The molecule has 176 valence electrons. The molecule has 2 rings (SSSR count). The first-order valence-corrected chi connectivity index (χ1v) is 13.4. The van der Waals surface area contributed by atoms with Gasteiger partial charge in [0.2, 0.25) is 0 Å². The standard InChI is InChI=1S/C30H51N/c1-7-13-26(8-2)27(9-3)19-20-30(5)23-29(30)28(16-10-11-21-31-6)22-24(4)17-18-25-14-12-15-25/h9-11,21-22,25-26,28-29H,7-8,12-20,23H2,1-6H3/b11-10+,24-22+,27-9+,31-21?/t26?,28?,29?,30-/m0/s1. The molecular formula is C30H51N. The van der Waals surface area contributed by atoms with E-state index in [1.807, 2.05) is 13.3 Å². The lowest BCUT2D eigenvalue weighted by molar-refractivity contribution is 0.296. The quantitative estimate of drug-likeness (QED) is 0.183. The topological polar surface area (TPSA) is 12.4 Å². The van der Waals surface area contributed by atoms with Crippen LogP contribution < -0.4 is 0 Å². The summed E-state index contributed by atoms with van der Waals surface area (Å²) in [6, 6.07) is 0. The average Bonchev–Trinajstić information content (AvgIpc) is 3.40. The zero-order chi connectivity index (χ0) is 22.7. The Labute approximate surface area is 194 Å². The van der Waals surface area contributed by atoms with Gasteiger partial charge in [0.15, 0.2) is 0 Å². The first-order chi connectivity index (χ1) is 15.0. The van der Waals surface area contributed by atoms with Crippen LogP contribution in [0.4, 0.5) is 0 Å². The molecule has 0 aliphatic heterocycles. The van der Waals surface area contributed by atoms with Crippen molar-refractivity contribution in [3.63, 3.8) is 0 Å². The fourth-order valence-electron chi connectivity index (χ4n) is 5.81. The lowest BCUT2D eigenvalue weighted by Gasteiger charge is -2.25. The van der Waals surface area contributed by atoms with Crippen molar-refractivity contribution in [2.75, 3.05) is 7.05 Å². The number of allylic oxidation sites excluding steroid dienone is 6. The second-order valence-electron chi connectivity index (χ2n) is 10.8. The summed E-state index contributed by atoms with van der Waals surface area (Å²) in [5.74, 6) is 3.36. The fraction of sp³-hybridized carbons (Fsp3) is 0.767. The van der Waals surface area contributed by atoms with E-state index < -0.39 is 0 Å². The number of rotatable bonds is 15. The molecule has 1 nitrogen and oxygen atoms in total. The van der Waals surface area contributed by atoms with Crippen molar-refractivity contribution in [3.05, 3.63) is 35.5 Å². The Morgan fingerprint density at radius 2 is 1.97 bits per heavy atom. The number of nitrogens with zero attached hydrogens (tertiary/aromatic N) is 1. The smallest absolute Gasteiger partial charge is 0.0277 e. The van der Waals surface area contributed by atoms with Crippen LogP contribution in [0.15, 0.2) is 40.4 Å². The van der Waals surface area contributed by atoms with Crippen LogP contribution in [-0.2, 0) is 0 Å². The molecule has 0 aromatic heterocycles. The monoisotopic (exact) mass is 425 g/mol.